The van der Waals surface area contributed by atoms with Gasteiger partial charge in [0.2, 0.25) is 0 Å². The molecule has 9 nitrogen and oxygen atoms in total. The Balaban J connectivity index is 4.01. The molecule has 518 valence electrons. The van der Waals surface area contributed by atoms with Crippen molar-refractivity contribution < 1.29 is 42.1 Å². The van der Waals surface area contributed by atoms with Gasteiger partial charge in [0, 0.05) is 12.8 Å². The minimum atomic E-state index is -4.65. The molecule has 0 bridgehead atoms. The second-order valence-corrected chi connectivity index (χ2v) is 27.3. The van der Waals surface area contributed by atoms with Crippen LogP contribution < -0.4 is 4.89 Å². The standard InChI is InChI=1S/C80H140NO8P/c1-6-8-10-12-14-16-18-20-22-24-26-28-30-32-34-35-36-37-38-39-40-41-42-43-44-45-47-49-51-53-55-57-59-61-63-65-67-69-71-73-80(83)89-78(77-88-90(84,85)87-75-74-81(3,4)5)76-86-79(82)72-70-68-66-64-62-60-58-56-54-52-50-48-46-33-31-29-27-25-23-21-19-17-15-13-11-9-7-2/h8,10,14,16,19-22,25-28,31-34,36-37,39-40,78H,6-7,9,11-13,15,17-18,23-24,29-30,35,38,41-77H2,1-5H3/b10-8-,16-14-,21-19-,22-20-,27-25-,28-26-,33-31-,34-32-,37-36-,40-39-. The number of allylic oxidation sites excluding steroid dienone is 20. The number of esters is 2. The molecule has 0 N–H and O–H groups in total. The number of rotatable bonds is 68. The van der Waals surface area contributed by atoms with Gasteiger partial charge in [-0.2, -0.15) is 0 Å². The van der Waals surface area contributed by atoms with E-state index in [1.54, 1.807) is 0 Å². The summed E-state index contributed by atoms with van der Waals surface area (Å²) >= 11 is 0. The van der Waals surface area contributed by atoms with Crippen LogP contribution in [-0.2, 0) is 32.7 Å². The molecule has 0 saturated heterocycles. The molecule has 0 aromatic heterocycles. The first-order chi connectivity index (χ1) is 44.0. The van der Waals surface area contributed by atoms with Crippen LogP contribution in [0.15, 0.2) is 122 Å². The summed E-state index contributed by atoms with van der Waals surface area (Å²) < 4.78 is 34.4. The van der Waals surface area contributed by atoms with Crippen LogP contribution in [0.1, 0.15) is 322 Å². The predicted octanol–water partition coefficient (Wildman–Crippen LogP) is 24.0. The lowest BCUT2D eigenvalue weighted by Crippen LogP contribution is -2.37. The zero-order valence-corrected chi connectivity index (χ0v) is 59.9. The molecule has 0 aromatic rings. The number of phosphoric acid groups is 1. The lowest BCUT2D eigenvalue weighted by molar-refractivity contribution is -0.870. The molecule has 0 amide bonds. The molecule has 0 aromatic carbocycles. The fourth-order valence-electron chi connectivity index (χ4n) is 10.3. The molecule has 2 atom stereocenters. The van der Waals surface area contributed by atoms with E-state index in [2.05, 4.69) is 135 Å². The fourth-order valence-corrected chi connectivity index (χ4v) is 11.0. The van der Waals surface area contributed by atoms with Crippen molar-refractivity contribution in [2.24, 2.45) is 0 Å². The summed E-state index contributed by atoms with van der Waals surface area (Å²) in [6.07, 6.45) is 100. The number of unbranched alkanes of at least 4 members (excludes halogenated alkanes) is 34. The highest BCUT2D eigenvalue weighted by atomic mass is 31.2. The van der Waals surface area contributed by atoms with Gasteiger partial charge in [0.05, 0.1) is 27.7 Å². The van der Waals surface area contributed by atoms with Crippen molar-refractivity contribution in [3.05, 3.63) is 122 Å². The number of hydrogen-bond donors (Lipinski definition) is 0. The van der Waals surface area contributed by atoms with E-state index in [4.69, 9.17) is 18.5 Å². The van der Waals surface area contributed by atoms with E-state index < -0.39 is 26.5 Å². The second kappa shape index (κ2) is 69.7. The van der Waals surface area contributed by atoms with E-state index in [1.165, 1.54) is 193 Å². The summed E-state index contributed by atoms with van der Waals surface area (Å²) in [5.41, 5.74) is 0. The maximum absolute atomic E-state index is 12.9. The third kappa shape index (κ3) is 73.5. The van der Waals surface area contributed by atoms with Crippen LogP contribution in [0.2, 0.25) is 0 Å². The van der Waals surface area contributed by atoms with E-state index in [-0.39, 0.29) is 32.0 Å². The van der Waals surface area contributed by atoms with E-state index >= 15 is 0 Å². The highest BCUT2D eigenvalue weighted by molar-refractivity contribution is 7.45. The second-order valence-electron chi connectivity index (χ2n) is 25.9. The van der Waals surface area contributed by atoms with Gasteiger partial charge in [-0.1, -0.05) is 322 Å². The summed E-state index contributed by atoms with van der Waals surface area (Å²) in [5.74, 6) is -0.828. The van der Waals surface area contributed by atoms with Crippen LogP contribution in [0.25, 0.3) is 0 Å². The quantitative estimate of drug-likeness (QED) is 0.0195. The summed E-state index contributed by atoms with van der Waals surface area (Å²) in [6.45, 7) is 4.14. The van der Waals surface area contributed by atoms with Crippen LogP contribution in [0, 0.1) is 0 Å². The molecule has 10 heteroatoms. The van der Waals surface area contributed by atoms with Gasteiger partial charge in [0.1, 0.15) is 19.8 Å². The van der Waals surface area contributed by atoms with Crippen molar-refractivity contribution in [3.8, 4) is 0 Å². The van der Waals surface area contributed by atoms with Crippen molar-refractivity contribution in [2.45, 2.75) is 328 Å². The summed E-state index contributed by atoms with van der Waals surface area (Å²) in [5, 5.41) is 0. The number of nitrogens with zero attached hydrogens (tertiary/aromatic N) is 1. The summed E-state index contributed by atoms with van der Waals surface area (Å²) in [4.78, 5) is 38.1. The topological polar surface area (TPSA) is 111 Å². The maximum atomic E-state index is 12.9. The van der Waals surface area contributed by atoms with Crippen LogP contribution in [0.4, 0.5) is 0 Å². The molecule has 0 aliphatic carbocycles. The Hall–Kier alpha value is -3.59. The van der Waals surface area contributed by atoms with Crippen LogP contribution >= 0.6 is 7.82 Å². The first kappa shape index (κ1) is 86.4. The van der Waals surface area contributed by atoms with E-state index in [1.807, 2.05) is 21.1 Å². The maximum Gasteiger partial charge on any atom is 0.306 e. The number of hydrogen-bond acceptors (Lipinski definition) is 8. The molecule has 0 spiro atoms. The normalized spacial score (nSPS) is 13.8. The van der Waals surface area contributed by atoms with Gasteiger partial charge in [-0.15, -0.1) is 0 Å². The van der Waals surface area contributed by atoms with Gasteiger partial charge in [-0.3, -0.25) is 14.2 Å². The molecule has 0 fully saturated rings. The number of carbonyl (C=O) groups is 2. The largest absolute Gasteiger partial charge is 0.756 e. The van der Waals surface area contributed by atoms with Crippen molar-refractivity contribution in [2.75, 3.05) is 47.5 Å². The van der Waals surface area contributed by atoms with E-state index in [9.17, 15) is 19.0 Å². The van der Waals surface area contributed by atoms with Gasteiger partial charge < -0.3 is 27.9 Å². The van der Waals surface area contributed by atoms with Gasteiger partial charge in [0.15, 0.2) is 6.10 Å². The summed E-state index contributed by atoms with van der Waals surface area (Å²) in [6, 6.07) is 0. The highest BCUT2D eigenvalue weighted by Gasteiger charge is 2.22. The molecular weight excluding hydrogens is 1130 g/mol. The summed E-state index contributed by atoms with van der Waals surface area (Å²) in [7, 11) is 1.17. The van der Waals surface area contributed by atoms with Crippen LogP contribution in [0.5, 0.6) is 0 Å². The SMILES string of the molecule is CC/C=C\C/C=C\C/C=C\C/C=C\C/C=C\C/C=C\C/C=C\CCCCCCCCCCCCCCCCCCCC(=O)OC(COC(=O)CCCCCCCCCCCCCC/C=C\C/C=C\C/C=C\CCCCCCC)COP(=O)([O-])OCC[N+](C)(C)C. The average molecular weight is 1270 g/mol. The third-order valence-electron chi connectivity index (χ3n) is 16.0. The van der Waals surface area contributed by atoms with Gasteiger partial charge in [0.25, 0.3) is 7.82 Å². The molecule has 2 unspecified atom stereocenters. The van der Waals surface area contributed by atoms with Gasteiger partial charge in [-0.05, 0) is 109 Å². The van der Waals surface area contributed by atoms with Crippen LogP contribution in [-0.4, -0.2) is 70.0 Å². The minimum absolute atomic E-state index is 0.0341. The Morgan fingerprint density at radius 1 is 0.356 bits per heavy atom. The number of carbonyl (C=O) groups excluding carboxylic acids is 2. The molecule has 0 aliphatic rings. The molecule has 0 saturated carbocycles. The lowest BCUT2D eigenvalue weighted by atomic mass is 10.0. The first-order valence-corrected chi connectivity index (χ1v) is 38.7. The van der Waals surface area contributed by atoms with Crippen molar-refractivity contribution >= 4 is 19.8 Å². The Labute approximate surface area is 556 Å². The predicted molar refractivity (Wildman–Crippen MR) is 388 cm³/mol. The Morgan fingerprint density at radius 3 is 0.944 bits per heavy atom. The zero-order valence-electron chi connectivity index (χ0n) is 59.1. The molecule has 0 heterocycles. The minimum Gasteiger partial charge on any atom is -0.756 e. The fraction of sp³-hybridized carbons (Fsp3) is 0.725. The van der Waals surface area contributed by atoms with Gasteiger partial charge >= 0.3 is 11.9 Å². The molecule has 0 radical (unpaired) electrons. The van der Waals surface area contributed by atoms with Crippen molar-refractivity contribution in [1.82, 2.24) is 0 Å². The number of likely N-dealkylation sites (N-methyl/N-ethyl adjacent to an activating group) is 1. The smallest absolute Gasteiger partial charge is 0.306 e. The van der Waals surface area contributed by atoms with Crippen LogP contribution in [0.3, 0.4) is 0 Å². The zero-order chi connectivity index (χ0) is 65.5. The van der Waals surface area contributed by atoms with Gasteiger partial charge in [-0.25, -0.2) is 0 Å². The first-order valence-electron chi connectivity index (χ1n) is 37.2. The Kier molecular flexibility index (Phi) is 67.0. The highest BCUT2D eigenvalue weighted by Crippen LogP contribution is 2.38. The monoisotopic (exact) mass is 1270 g/mol. The number of quaternary nitrogens is 1. The van der Waals surface area contributed by atoms with Crippen molar-refractivity contribution in [3.63, 3.8) is 0 Å². The molecule has 0 aliphatic heterocycles. The molecular formula is C80H140NO8P. The Morgan fingerprint density at radius 2 is 0.633 bits per heavy atom. The van der Waals surface area contributed by atoms with E-state index in [0.29, 0.717) is 17.4 Å². The average Bonchev–Trinajstić information content (AvgIpc) is 3.58. The van der Waals surface area contributed by atoms with E-state index in [0.717, 1.165) is 96.3 Å². The third-order valence-corrected chi connectivity index (χ3v) is 16.9. The molecule has 0 rings (SSSR count). The van der Waals surface area contributed by atoms with Crippen molar-refractivity contribution in [1.29, 1.82) is 0 Å². The molecule has 90 heavy (non-hydrogen) atoms. The number of phosphoric ester groups is 1. The number of ether oxygens (including phenoxy) is 2. The Bertz CT molecular complexity index is 1940. The lowest BCUT2D eigenvalue weighted by Gasteiger charge is -2.28.